The first-order chi connectivity index (χ1) is 14.3. The topological polar surface area (TPSA) is 40.1 Å². The van der Waals surface area contributed by atoms with Gasteiger partial charge < -0.3 is 4.89 Å². The molecule has 0 rings (SSSR count). The van der Waals surface area contributed by atoms with Gasteiger partial charge in [-0.1, -0.05) is 94.8 Å². The molecule has 0 aromatic heterocycles. The first-order valence-electron chi connectivity index (χ1n) is 12.9. The van der Waals surface area contributed by atoms with Crippen molar-refractivity contribution >= 4 is 8.03 Å². The van der Waals surface area contributed by atoms with Gasteiger partial charge in [-0.2, -0.15) is 0 Å². The fourth-order valence-electron chi connectivity index (χ4n) is 4.46. The molecule has 0 aliphatic heterocycles. The Labute approximate surface area is 190 Å². The quantitative estimate of drug-likeness (QED) is 0.0779. The van der Waals surface area contributed by atoms with E-state index in [2.05, 4.69) is 26.0 Å². The predicted octanol–water partition coefficient (Wildman–Crippen LogP) is 8.11. The van der Waals surface area contributed by atoms with Crippen LogP contribution in [0.3, 0.4) is 0 Å². The van der Waals surface area contributed by atoms with Crippen LogP contribution in [0.25, 0.3) is 0 Å². The SMILES string of the molecule is CCCCCCCCCC/C=C\CCCCCCCC(CCC)([P+](=O)[O-])[N+](C)(C)C. The van der Waals surface area contributed by atoms with Crippen LogP contribution in [0.15, 0.2) is 12.2 Å². The van der Waals surface area contributed by atoms with Crippen LogP contribution in [0.4, 0.5) is 0 Å². The zero-order valence-electron chi connectivity index (χ0n) is 21.1. The molecule has 0 heterocycles. The van der Waals surface area contributed by atoms with E-state index in [-0.39, 0.29) is 0 Å². The number of quaternary nitrogens is 1. The van der Waals surface area contributed by atoms with Gasteiger partial charge >= 0.3 is 8.03 Å². The van der Waals surface area contributed by atoms with E-state index >= 15 is 0 Å². The number of hydrogen-bond acceptors (Lipinski definition) is 2. The lowest BCUT2D eigenvalue weighted by atomic mass is 9.99. The lowest BCUT2D eigenvalue weighted by Crippen LogP contribution is -2.55. The third-order valence-electron chi connectivity index (χ3n) is 6.58. The second-order valence-corrected chi connectivity index (χ2v) is 11.4. The van der Waals surface area contributed by atoms with Crippen LogP contribution in [-0.4, -0.2) is 30.9 Å². The van der Waals surface area contributed by atoms with E-state index in [4.69, 9.17) is 0 Å². The van der Waals surface area contributed by atoms with Crippen molar-refractivity contribution in [1.82, 2.24) is 0 Å². The van der Waals surface area contributed by atoms with Gasteiger partial charge in [-0.15, -0.1) is 0 Å². The largest absolute Gasteiger partial charge is 0.590 e. The molecule has 4 heteroatoms. The van der Waals surface area contributed by atoms with Crippen LogP contribution in [0, 0.1) is 0 Å². The van der Waals surface area contributed by atoms with Crippen LogP contribution in [0.1, 0.15) is 129 Å². The van der Waals surface area contributed by atoms with Gasteiger partial charge in [0.25, 0.3) is 5.28 Å². The second kappa shape index (κ2) is 18.3. The van der Waals surface area contributed by atoms with Gasteiger partial charge in [0.05, 0.1) is 21.1 Å². The minimum absolute atomic E-state index is 0.517. The molecule has 2 unspecified atom stereocenters. The number of rotatable bonds is 21. The first-order valence-corrected chi connectivity index (χ1v) is 14.1. The summed E-state index contributed by atoms with van der Waals surface area (Å²) in [5, 5.41) is -0.595. The van der Waals surface area contributed by atoms with E-state index in [1.807, 2.05) is 21.1 Å². The lowest BCUT2D eigenvalue weighted by molar-refractivity contribution is -0.910. The summed E-state index contributed by atoms with van der Waals surface area (Å²) in [7, 11) is 3.66. The Balaban J connectivity index is 3.73. The zero-order chi connectivity index (χ0) is 22.7. The molecule has 0 radical (unpaired) electrons. The fourth-order valence-corrected chi connectivity index (χ4v) is 5.69. The van der Waals surface area contributed by atoms with Crippen molar-refractivity contribution in [2.24, 2.45) is 0 Å². The molecule has 0 aromatic rings. The molecular formula is C26H53NO2P+. The Morgan fingerprint density at radius 2 is 1.10 bits per heavy atom. The van der Waals surface area contributed by atoms with E-state index < -0.39 is 13.3 Å². The third-order valence-corrected chi connectivity index (χ3v) is 8.30. The second-order valence-electron chi connectivity index (χ2n) is 10.0. The van der Waals surface area contributed by atoms with Crippen molar-refractivity contribution < 1.29 is 13.9 Å². The summed E-state index contributed by atoms with van der Waals surface area (Å²) in [4.78, 5) is 12.1. The van der Waals surface area contributed by atoms with Crippen molar-refractivity contribution in [3.8, 4) is 0 Å². The number of unbranched alkanes of at least 4 members (excludes halogenated alkanes) is 13. The minimum atomic E-state index is -2.42. The fraction of sp³-hybridized carbons (Fsp3) is 0.923. The summed E-state index contributed by atoms with van der Waals surface area (Å²) in [6.07, 6.45) is 26.7. The maximum Gasteiger partial charge on any atom is 0.376 e. The van der Waals surface area contributed by atoms with E-state index in [0.29, 0.717) is 4.48 Å². The van der Waals surface area contributed by atoms with Crippen LogP contribution >= 0.6 is 8.03 Å². The molecule has 0 bridgehead atoms. The van der Waals surface area contributed by atoms with Crippen molar-refractivity contribution in [3.05, 3.63) is 12.2 Å². The van der Waals surface area contributed by atoms with Gasteiger partial charge in [-0.25, -0.2) is 0 Å². The summed E-state index contributed by atoms with van der Waals surface area (Å²) >= 11 is 0. The van der Waals surface area contributed by atoms with Crippen LogP contribution in [-0.2, 0) is 4.57 Å². The molecule has 178 valence electrons. The maximum absolute atomic E-state index is 12.1. The highest BCUT2D eigenvalue weighted by atomic mass is 31.1. The van der Waals surface area contributed by atoms with Crippen LogP contribution in [0.2, 0.25) is 0 Å². The Hall–Kier alpha value is -0.240. The van der Waals surface area contributed by atoms with Crippen molar-refractivity contribution in [1.29, 1.82) is 0 Å². The standard InChI is InChI=1S/C26H53NO2P/c1-6-8-9-10-11-12-13-14-15-16-17-18-19-20-21-22-23-25-26(24-7-2,30(28)29)27(3,4)5/h16-17H,6-15,18-25H2,1-5H3/q+1/b17-16-. The Morgan fingerprint density at radius 1 is 0.667 bits per heavy atom. The average molecular weight is 443 g/mol. The molecule has 30 heavy (non-hydrogen) atoms. The molecule has 0 aliphatic rings. The van der Waals surface area contributed by atoms with Crippen LogP contribution < -0.4 is 4.89 Å². The molecule has 0 saturated heterocycles. The van der Waals surface area contributed by atoms with Crippen molar-refractivity contribution in [2.75, 3.05) is 21.1 Å². The van der Waals surface area contributed by atoms with Crippen LogP contribution in [0.5, 0.6) is 0 Å². The highest BCUT2D eigenvalue weighted by Gasteiger charge is 2.53. The Kier molecular flexibility index (Phi) is 18.2. The summed E-state index contributed by atoms with van der Waals surface area (Å²) in [5.41, 5.74) is 0. The smallest absolute Gasteiger partial charge is 0.376 e. The summed E-state index contributed by atoms with van der Waals surface area (Å²) in [6, 6.07) is 0. The van der Waals surface area contributed by atoms with E-state index in [1.165, 1.54) is 83.5 Å². The monoisotopic (exact) mass is 442 g/mol. The summed E-state index contributed by atoms with van der Waals surface area (Å²) in [5.74, 6) is 0. The highest BCUT2D eigenvalue weighted by Crippen LogP contribution is 2.45. The number of nitrogens with zero attached hydrogens (tertiary/aromatic N) is 1. The normalized spacial score (nSPS) is 14.9. The van der Waals surface area contributed by atoms with E-state index in [9.17, 15) is 9.46 Å². The summed E-state index contributed by atoms with van der Waals surface area (Å²) < 4.78 is 12.6. The predicted molar refractivity (Wildman–Crippen MR) is 132 cm³/mol. The van der Waals surface area contributed by atoms with Gasteiger partial charge in [0.1, 0.15) is 0 Å². The molecule has 0 amide bonds. The Morgan fingerprint density at radius 3 is 1.50 bits per heavy atom. The molecule has 0 aliphatic carbocycles. The lowest BCUT2D eigenvalue weighted by Gasteiger charge is -2.39. The number of hydrogen-bond donors (Lipinski definition) is 0. The molecule has 2 atom stereocenters. The van der Waals surface area contributed by atoms with Gasteiger partial charge in [0.15, 0.2) is 0 Å². The summed E-state index contributed by atoms with van der Waals surface area (Å²) in [6.45, 7) is 4.36. The number of allylic oxidation sites excluding steroid dienone is 2. The molecule has 0 aromatic carbocycles. The molecule has 0 fully saturated rings. The van der Waals surface area contributed by atoms with Crippen molar-refractivity contribution in [3.63, 3.8) is 0 Å². The Bertz CT molecular complexity index is 445. The van der Waals surface area contributed by atoms with E-state index in [1.54, 1.807) is 0 Å². The van der Waals surface area contributed by atoms with Gasteiger partial charge in [0, 0.05) is 12.8 Å². The van der Waals surface area contributed by atoms with Gasteiger partial charge in [0.2, 0.25) is 0 Å². The van der Waals surface area contributed by atoms with Crippen molar-refractivity contribution in [2.45, 2.75) is 135 Å². The minimum Gasteiger partial charge on any atom is -0.590 e. The maximum atomic E-state index is 12.1. The molecule has 3 nitrogen and oxygen atoms in total. The highest BCUT2D eigenvalue weighted by molar-refractivity contribution is 7.38. The van der Waals surface area contributed by atoms with Gasteiger partial charge in [-0.05, 0) is 38.5 Å². The average Bonchev–Trinajstić information content (AvgIpc) is 2.68. The zero-order valence-corrected chi connectivity index (χ0v) is 22.0. The molecule has 0 spiro atoms. The third kappa shape index (κ3) is 13.2. The molecule has 0 N–H and O–H groups in total. The van der Waals surface area contributed by atoms with Gasteiger partial charge in [-0.3, -0.25) is 4.48 Å². The van der Waals surface area contributed by atoms with E-state index in [0.717, 1.165) is 32.1 Å². The molecule has 0 saturated carbocycles. The first kappa shape index (κ1) is 29.8. The molecular weight excluding hydrogens is 389 g/mol.